The maximum Gasteiger partial charge on any atom is 0.374 e. The number of hydrogen-bond donors (Lipinski definition) is 1. The van der Waals surface area contributed by atoms with Crippen molar-refractivity contribution in [2.24, 2.45) is 0 Å². The Morgan fingerprint density at radius 2 is 1.93 bits per heavy atom. The fourth-order valence-electron chi connectivity index (χ4n) is 2.75. The number of aromatic nitrogens is 1. The van der Waals surface area contributed by atoms with E-state index in [2.05, 4.69) is 10.3 Å². The third-order valence-corrected chi connectivity index (χ3v) is 4.12. The molecule has 3 aromatic rings. The van der Waals surface area contributed by atoms with E-state index < -0.39 is 5.97 Å². The summed E-state index contributed by atoms with van der Waals surface area (Å²) in [5.41, 5.74) is 2.70. The van der Waals surface area contributed by atoms with Gasteiger partial charge in [0.15, 0.2) is 11.3 Å². The lowest BCUT2D eigenvalue weighted by Crippen LogP contribution is -2.28. The van der Waals surface area contributed by atoms with Crippen molar-refractivity contribution in [1.29, 1.82) is 0 Å². The number of esters is 1. The summed E-state index contributed by atoms with van der Waals surface area (Å²) >= 11 is 0. The van der Waals surface area contributed by atoms with Crippen LogP contribution >= 0.6 is 0 Å². The van der Waals surface area contributed by atoms with E-state index >= 15 is 0 Å². The third-order valence-electron chi connectivity index (χ3n) is 4.12. The van der Waals surface area contributed by atoms with Gasteiger partial charge in [-0.05, 0) is 43.7 Å². The van der Waals surface area contributed by atoms with Crippen LogP contribution in [0.25, 0.3) is 11.0 Å². The first-order valence-electron chi connectivity index (χ1n) is 8.44. The van der Waals surface area contributed by atoms with E-state index in [9.17, 15) is 9.59 Å². The molecule has 0 aliphatic heterocycles. The van der Waals surface area contributed by atoms with E-state index in [1.807, 2.05) is 19.1 Å². The highest BCUT2D eigenvalue weighted by molar-refractivity contribution is 5.98. The molecule has 7 heteroatoms. The zero-order chi connectivity index (χ0) is 19.4. The average Bonchev–Trinajstić information content (AvgIpc) is 3.01. The molecule has 0 saturated heterocycles. The number of furan rings is 1. The summed E-state index contributed by atoms with van der Waals surface area (Å²) in [6.45, 7) is 3.96. The first kappa shape index (κ1) is 18.4. The topological polar surface area (TPSA) is 90.7 Å². The SMILES string of the molecule is COc1cc(C)cc2c(C)c(C(=O)OCCNC(=O)c3ccncc3)oc12. The van der Waals surface area contributed by atoms with Gasteiger partial charge in [-0.25, -0.2) is 4.79 Å². The van der Waals surface area contributed by atoms with Gasteiger partial charge in [0, 0.05) is 28.9 Å². The van der Waals surface area contributed by atoms with E-state index in [0.717, 1.165) is 10.9 Å². The normalized spacial score (nSPS) is 10.6. The van der Waals surface area contributed by atoms with Gasteiger partial charge in [0.05, 0.1) is 13.7 Å². The predicted octanol–water partition coefficient (Wildman–Crippen LogP) is 3.04. The molecule has 1 aromatic carbocycles. The Morgan fingerprint density at radius 1 is 1.19 bits per heavy atom. The minimum atomic E-state index is -0.582. The largest absolute Gasteiger partial charge is 0.493 e. The number of carbonyl (C=O) groups is 2. The molecule has 0 fully saturated rings. The number of benzene rings is 1. The quantitative estimate of drug-likeness (QED) is 0.531. The number of carbonyl (C=O) groups excluding carboxylic acids is 2. The lowest BCUT2D eigenvalue weighted by atomic mass is 10.1. The Bertz CT molecular complexity index is 979. The summed E-state index contributed by atoms with van der Waals surface area (Å²) in [6, 6.07) is 6.99. The van der Waals surface area contributed by atoms with Gasteiger partial charge in [0.2, 0.25) is 5.76 Å². The monoisotopic (exact) mass is 368 g/mol. The van der Waals surface area contributed by atoms with Crippen LogP contribution < -0.4 is 10.1 Å². The lowest BCUT2D eigenvalue weighted by molar-refractivity contribution is 0.0469. The molecule has 0 saturated carbocycles. The van der Waals surface area contributed by atoms with Gasteiger partial charge >= 0.3 is 5.97 Å². The Kier molecular flexibility index (Phi) is 5.40. The lowest BCUT2D eigenvalue weighted by Gasteiger charge is -2.06. The summed E-state index contributed by atoms with van der Waals surface area (Å²) < 4.78 is 16.2. The number of rotatable bonds is 6. The van der Waals surface area contributed by atoms with Crippen LogP contribution in [0.5, 0.6) is 5.75 Å². The van der Waals surface area contributed by atoms with Crippen LogP contribution in [0.3, 0.4) is 0 Å². The maximum absolute atomic E-state index is 12.4. The molecule has 1 amide bonds. The van der Waals surface area contributed by atoms with Gasteiger partial charge in [-0.3, -0.25) is 9.78 Å². The van der Waals surface area contributed by atoms with Crippen LogP contribution in [0.1, 0.15) is 32.0 Å². The smallest absolute Gasteiger partial charge is 0.374 e. The summed E-state index contributed by atoms with van der Waals surface area (Å²) in [5, 5.41) is 3.49. The Labute approximate surface area is 156 Å². The Hall–Kier alpha value is -3.35. The molecule has 0 radical (unpaired) electrons. The number of nitrogens with one attached hydrogen (secondary N) is 1. The number of nitrogens with zero attached hydrogens (tertiary/aromatic N) is 1. The van der Waals surface area contributed by atoms with Crippen LogP contribution in [-0.4, -0.2) is 37.1 Å². The summed E-state index contributed by atoms with van der Waals surface area (Å²) in [7, 11) is 1.55. The van der Waals surface area contributed by atoms with Crippen molar-refractivity contribution in [3.63, 3.8) is 0 Å². The number of hydrogen-bond acceptors (Lipinski definition) is 6. The van der Waals surface area contributed by atoms with Crippen molar-refractivity contribution in [3.05, 3.63) is 59.1 Å². The minimum Gasteiger partial charge on any atom is -0.493 e. The second-order valence-electron chi connectivity index (χ2n) is 6.03. The van der Waals surface area contributed by atoms with Crippen molar-refractivity contribution >= 4 is 22.8 Å². The number of methoxy groups -OCH3 is 1. The van der Waals surface area contributed by atoms with Crippen molar-refractivity contribution in [2.45, 2.75) is 13.8 Å². The maximum atomic E-state index is 12.4. The van der Waals surface area contributed by atoms with Crippen molar-refractivity contribution in [3.8, 4) is 5.75 Å². The van der Waals surface area contributed by atoms with Gasteiger partial charge in [0.25, 0.3) is 5.91 Å². The van der Waals surface area contributed by atoms with E-state index in [1.165, 1.54) is 12.4 Å². The fraction of sp³-hybridized carbons (Fsp3) is 0.250. The number of fused-ring (bicyclic) bond motifs is 1. The summed E-state index contributed by atoms with van der Waals surface area (Å²) in [6.07, 6.45) is 3.07. The molecule has 2 heterocycles. The van der Waals surface area contributed by atoms with E-state index in [4.69, 9.17) is 13.9 Å². The van der Waals surface area contributed by atoms with Crippen LogP contribution in [0.4, 0.5) is 0 Å². The van der Waals surface area contributed by atoms with Crippen molar-refractivity contribution in [2.75, 3.05) is 20.3 Å². The van der Waals surface area contributed by atoms with E-state index in [-0.39, 0.29) is 24.8 Å². The van der Waals surface area contributed by atoms with E-state index in [0.29, 0.717) is 22.5 Å². The van der Waals surface area contributed by atoms with Crippen molar-refractivity contribution < 1.29 is 23.5 Å². The third kappa shape index (κ3) is 3.92. The summed E-state index contributed by atoms with van der Waals surface area (Å²) in [5.74, 6) is -0.138. The highest BCUT2D eigenvalue weighted by Gasteiger charge is 2.21. The first-order chi connectivity index (χ1) is 13.0. The molecule has 0 aliphatic carbocycles. The van der Waals surface area contributed by atoms with Crippen LogP contribution in [0.15, 0.2) is 41.1 Å². The molecule has 0 atom stereocenters. The molecular weight excluding hydrogens is 348 g/mol. The molecule has 27 heavy (non-hydrogen) atoms. The highest BCUT2D eigenvalue weighted by Crippen LogP contribution is 2.33. The van der Waals surface area contributed by atoms with Crippen LogP contribution in [-0.2, 0) is 4.74 Å². The molecule has 1 N–H and O–H groups in total. The number of amides is 1. The molecule has 0 spiro atoms. The molecule has 3 rings (SSSR count). The zero-order valence-corrected chi connectivity index (χ0v) is 15.4. The van der Waals surface area contributed by atoms with E-state index in [1.54, 1.807) is 26.2 Å². The van der Waals surface area contributed by atoms with Crippen molar-refractivity contribution in [1.82, 2.24) is 10.3 Å². The second kappa shape index (κ2) is 7.90. The summed E-state index contributed by atoms with van der Waals surface area (Å²) in [4.78, 5) is 28.1. The first-order valence-corrected chi connectivity index (χ1v) is 8.44. The minimum absolute atomic E-state index is 0.0301. The molecule has 2 aromatic heterocycles. The van der Waals surface area contributed by atoms with Gasteiger partial charge < -0.3 is 19.2 Å². The molecular formula is C20H20N2O5. The molecule has 7 nitrogen and oxygen atoms in total. The van der Waals surface area contributed by atoms with Gasteiger partial charge in [-0.15, -0.1) is 0 Å². The number of pyridine rings is 1. The molecule has 0 bridgehead atoms. The Morgan fingerprint density at radius 3 is 2.63 bits per heavy atom. The standard InChI is InChI=1S/C20H20N2O5/c1-12-10-15-13(2)17(27-18(15)16(11-12)25-3)20(24)26-9-8-22-19(23)14-4-6-21-7-5-14/h4-7,10-11H,8-9H2,1-3H3,(H,22,23). The number of aryl methyl sites for hydroxylation is 2. The van der Waals surface area contributed by atoms with Crippen LogP contribution in [0.2, 0.25) is 0 Å². The molecule has 0 aliphatic rings. The van der Waals surface area contributed by atoms with Gasteiger partial charge in [-0.2, -0.15) is 0 Å². The fourth-order valence-corrected chi connectivity index (χ4v) is 2.75. The van der Waals surface area contributed by atoms with Crippen LogP contribution in [0, 0.1) is 13.8 Å². The highest BCUT2D eigenvalue weighted by atomic mass is 16.5. The average molecular weight is 368 g/mol. The van der Waals surface area contributed by atoms with Gasteiger partial charge in [0.1, 0.15) is 6.61 Å². The molecule has 140 valence electrons. The molecule has 0 unspecified atom stereocenters. The van der Waals surface area contributed by atoms with Gasteiger partial charge in [-0.1, -0.05) is 0 Å². The zero-order valence-electron chi connectivity index (χ0n) is 15.4. The second-order valence-corrected chi connectivity index (χ2v) is 6.03. The predicted molar refractivity (Wildman–Crippen MR) is 99.1 cm³/mol. The Balaban J connectivity index is 1.63. The number of ether oxygens (including phenoxy) is 2.